The molecule has 0 atom stereocenters. The van der Waals surface area contributed by atoms with Crippen molar-refractivity contribution in [1.29, 1.82) is 0 Å². The summed E-state index contributed by atoms with van der Waals surface area (Å²) < 4.78 is 11.5. The van der Waals surface area contributed by atoms with Crippen LogP contribution in [-0.4, -0.2) is 20.5 Å². The summed E-state index contributed by atoms with van der Waals surface area (Å²) in [4.78, 5) is 12.0. The molecule has 3 nitrogen and oxygen atoms in total. The first-order chi connectivity index (χ1) is 15.3. The molecule has 0 heterocycles. The number of carbonyl (C=O) groups is 1. The summed E-state index contributed by atoms with van der Waals surface area (Å²) in [5, 5.41) is 3.56. The fourth-order valence-corrected chi connectivity index (χ4v) is 6.27. The second kappa shape index (κ2) is 9.59. The van der Waals surface area contributed by atoms with E-state index in [1.54, 1.807) is 14.2 Å². The van der Waals surface area contributed by atoms with Crippen LogP contribution in [0.2, 0.25) is 0 Å². The molecule has 0 aromatic heterocycles. The Morgan fingerprint density at radius 1 is 0.613 bits per heavy atom. The highest BCUT2D eigenvalue weighted by molar-refractivity contribution is 7.80. The van der Waals surface area contributed by atoms with Gasteiger partial charge in [-0.3, -0.25) is 4.79 Å². The quantitative estimate of drug-likeness (QED) is 0.310. The van der Waals surface area contributed by atoms with Gasteiger partial charge in [0.15, 0.2) is 6.29 Å². The molecule has 4 aromatic rings. The Morgan fingerprint density at radius 3 is 1.65 bits per heavy atom. The third-order valence-corrected chi connectivity index (χ3v) is 7.63. The second-order valence-corrected chi connectivity index (χ2v) is 9.09. The van der Waals surface area contributed by atoms with E-state index in [2.05, 4.69) is 54.6 Å². The van der Waals surface area contributed by atoms with Crippen molar-refractivity contribution in [2.75, 3.05) is 14.2 Å². The minimum absolute atomic E-state index is 0.571. The van der Waals surface area contributed by atoms with Crippen LogP contribution in [0.5, 0.6) is 11.5 Å². The van der Waals surface area contributed by atoms with Crippen LogP contribution in [0.4, 0.5) is 0 Å². The van der Waals surface area contributed by atoms with Crippen LogP contribution in [0, 0.1) is 0 Å². The van der Waals surface area contributed by atoms with Gasteiger partial charge in [0.1, 0.15) is 11.5 Å². The van der Waals surface area contributed by atoms with Crippen LogP contribution < -0.4 is 25.4 Å². The molecule has 4 heteroatoms. The number of aldehydes is 1. The molecule has 4 aromatic carbocycles. The highest BCUT2D eigenvalue weighted by Crippen LogP contribution is 2.44. The zero-order valence-corrected chi connectivity index (χ0v) is 18.4. The van der Waals surface area contributed by atoms with E-state index in [9.17, 15) is 4.79 Å². The number of hydrogen-bond acceptors (Lipinski definition) is 3. The van der Waals surface area contributed by atoms with Gasteiger partial charge in [-0.1, -0.05) is 84.9 Å². The van der Waals surface area contributed by atoms with Gasteiger partial charge in [-0.2, -0.15) is 0 Å². The van der Waals surface area contributed by atoms with Gasteiger partial charge in [0.25, 0.3) is 0 Å². The first kappa shape index (κ1) is 20.8. The van der Waals surface area contributed by atoms with Crippen LogP contribution in [0.1, 0.15) is 10.4 Å². The normalized spacial score (nSPS) is 10.7. The summed E-state index contributed by atoms with van der Waals surface area (Å²) >= 11 is 0. The van der Waals surface area contributed by atoms with Gasteiger partial charge in [-0.25, -0.2) is 0 Å². The Morgan fingerprint density at radius 2 is 1.13 bits per heavy atom. The number of benzene rings is 4. The molecule has 0 saturated carbocycles. The van der Waals surface area contributed by atoms with Gasteiger partial charge in [0.2, 0.25) is 0 Å². The van der Waals surface area contributed by atoms with E-state index in [1.807, 2.05) is 42.5 Å². The minimum atomic E-state index is -0.899. The molecule has 4 rings (SSSR count). The number of hydrogen-bond donors (Lipinski definition) is 0. The molecule has 0 radical (unpaired) electrons. The van der Waals surface area contributed by atoms with Gasteiger partial charge in [0.05, 0.1) is 14.2 Å². The Kier molecular flexibility index (Phi) is 6.45. The fraction of sp³-hybridized carbons (Fsp3) is 0.0741. The Hall–Kier alpha value is -3.42. The minimum Gasteiger partial charge on any atom is -0.496 e. The zero-order chi connectivity index (χ0) is 21.6. The van der Waals surface area contributed by atoms with Gasteiger partial charge in [0, 0.05) is 16.7 Å². The lowest BCUT2D eigenvalue weighted by atomic mass is 9.98. The molecule has 0 aliphatic carbocycles. The van der Waals surface area contributed by atoms with Crippen molar-refractivity contribution in [2.45, 2.75) is 0 Å². The third-order valence-electron chi connectivity index (χ3n) is 5.15. The lowest BCUT2D eigenvalue weighted by Crippen LogP contribution is -2.22. The average Bonchev–Trinajstić information content (AvgIpc) is 2.85. The van der Waals surface area contributed by atoms with E-state index in [1.165, 1.54) is 10.6 Å². The molecule has 31 heavy (non-hydrogen) atoms. The lowest BCUT2D eigenvalue weighted by Gasteiger charge is -2.25. The fourth-order valence-electron chi connectivity index (χ4n) is 3.79. The molecule has 0 aliphatic rings. The number of carbonyl (C=O) groups excluding carboxylic acids is 1. The van der Waals surface area contributed by atoms with Crippen molar-refractivity contribution < 1.29 is 14.3 Å². The van der Waals surface area contributed by atoms with Crippen molar-refractivity contribution in [3.05, 3.63) is 103 Å². The monoisotopic (exact) mass is 426 g/mol. The first-order valence-electron chi connectivity index (χ1n) is 9.98. The van der Waals surface area contributed by atoms with E-state index in [0.29, 0.717) is 17.1 Å². The molecule has 0 aliphatic heterocycles. The summed E-state index contributed by atoms with van der Waals surface area (Å²) in [6, 6.07) is 32.5. The summed E-state index contributed by atoms with van der Waals surface area (Å²) in [5.41, 5.74) is 2.22. The topological polar surface area (TPSA) is 35.5 Å². The molecule has 154 valence electrons. The molecule has 0 N–H and O–H groups in total. The third kappa shape index (κ3) is 4.10. The SMILES string of the molecule is COc1cccc(C=O)c1-c1c(OC)cccc1P(c1ccccc1)c1ccccc1. The van der Waals surface area contributed by atoms with Crippen LogP contribution in [0.15, 0.2) is 97.1 Å². The largest absolute Gasteiger partial charge is 0.496 e. The molecule has 0 saturated heterocycles. The maximum Gasteiger partial charge on any atom is 0.150 e. The van der Waals surface area contributed by atoms with E-state index >= 15 is 0 Å². The predicted octanol–water partition coefficient (Wildman–Crippen LogP) is 4.94. The van der Waals surface area contributed by atoms with E-state index < -0.39 is 7.92 Å². The van der Waals surface area contributed by atoms with Crippen molar-refractivity contribution in [3.8, 4) is 22.6 Å². The second-order valence-electron chi connectivity index (χ2n) is 6.90. The Bertz CT molecular complexity index is 1130. The van der Waals surface area contributed by atoms with Crippen LogP contribution in [0.25, 0.3) is 11.1 Å². The maximum atomic E-state index is 12.0. The van der Waals surface area contributed by atoms with Gasteiger partial charge in [-0.05, 0) is 36.0 Å². The molecule has 0 fully saturated rings. The highest BCUT2D eigenvalue weighted by Gasteiger charge is 2.25. The maximum absolute atomic E-state index is 12.0. The van der Waals surface area contributed by atoms with Crippen LogP contribution in [-0.2, 0) is 0 Å². The Balaban J connectivity index is 2.08. The molecule has 0 spiro atoms. The summed E-state index contributed by atoms with van der Waals surface area (Å²) in [5.74, 6) is 1.36. The summed E-state index contributed by atoms with van der Waals surface area (Å²) in [7, 11) is 2.38. The van der Waals surface area contributed by atoms with E-state index in [0.717, 1.165) is 22.7 Å². The Labute approximate surface area is 184 Å². The van der Waals surface area contributed by atoms with Gasteiger partial charge < -0.3 is 9.47 Å². The van der Waals surface area contributed by atoms with Crippen molar-refractivity contribution in [2.24, 2.45) is 0 Å². The van der Waals surface area contributed by atoms with Crippen molar-refractivity contribution in [1.82, 2.24) is 0 Å². The first-order valence-corrected chi connectivity index (χ1v) is 11.3. The number of methoxy groups -OCH3 is 2. The molecule has 0 bridgehead atoms. The molecular formula is C27H23O3P. The lowest BCUT2D eigenvalue weighted by molar-refractivity contribution is 0.112. The summed E-state index contributed by atoms with van der Waals surface area (Å²) in [6.45, 7) is 0. The van der Waals surface area contributed by atoms with Gasteiger partial charge in [-0.15, -0.1) is 0 Å². The molecule has 0 unspecified atom stereocenters. The van der Waals surface area contributed by atoms with E-state index in [4.69, 9.17) is 9.47 Å². The van der Waals surface area contributed by atoms with Gasteiger partial charge >= 0.3 is 0 Å². The van der Waals surface area contributed by atoms with Crippen molar-refractivity contribution in [3.63, 3.8) is 0 Å². The van der Waals surface area contributed by atoms with E-state index in [-0.39, 0.29) is 0 Å². The van der Waals surface area contributed by atoms with Crippen molar-refractivity contribution >= 4 is 30.1 Å². The zero-order valence-electron chi connectivity index (χ0n) is 17.5. The standard InChI is InChI=1S/C27H23O3P/c1-29-23-16-9-11-20(19-28)26(23)27-24(30-2)17-10-18-25(27)31(21-12-5-3-6-13-21)22-14-7-4-8-15-22/h3-19H,1-2H3. The molecule has 0 amide bonds. The highest BCUT2D eigenvalue weighted by atomic mass is 31.1. The average molecular weight is 426 g/mol. The van der Waals surface area contributed by atoms with Crippen LogP contribution >= 0.6 is 7.92 Å². The smallest absolute Gasteiger partial charge is 0.150 e. The predicted molar refractivity (Wildman–Crippen MR) is 129 cm³/mol. The summed E-state index contributed by atoms with van der Waals surface area (Å²) in [6.07, 6.45) is 0.876. The number of rotatable bonds is 7. The number of ether oxygens (including phenoxy) is 2. The van der Waals surface area contributed by atoms with Crippen LogP contribution in [0.3, 0.4) is 0 Å². The molecular weight excluding hydrogens is 403 g/mol.